The molecule has 21 heavy (non-hydrogen) atoms. The van der Waals surface area contributed by atoms with Gasteiger partial charge in [-0.1, -0.05) is 30.3 Å². The van der Waals surface area contributed by atoms with Crippen molar-refractivity contribution >= 4 is 10.9 Å². The highest BCUT2D eigenvalue weighted by atomic mass is 19.1. The van der Waals surface area contributed by atoms with Crippen molar-refractivity contribution in [3.63, 3.8) is 0 Å². The molecule has 0 saturated heterocycles. The zero-order valence-electron chi connectivity index (χ0n) is 11.9. The van der Waals surface area contributed by atoms with E-state index in [0.29, 0.717) is 18.5 Å². The predicted molar refractivity (Wildman–Crippen MR) is 83.7 cm³/mol. The second-order valence-electron chi connectivity index (χ2n) is 5.12. The molecular formula is C18H17FN2. The summed E-state index contributed by atoms with van der Waals surface area (Å²) in [5, 5.41) is 4.11. The molecule has 0 atom stereocenters. The van der Waals surface area contributed by atoms with Crippen molar-refractivity contribution in [1.29, 1.82) is 0 Å². The highest BCUT2D eigenvalue weighted by Gasteiger charge is 2.07. The molecule has 0 fully saturated rings. The Labute approximate surface area is 123 Å². The molecule has 0 radical (unpaired) electrons. The number of hydrogen-bond acceptors (Lipinski definition) is 2. The SMILES string of the molecule is CNCc1ccc(Cc2ccnc3ccccc23)c(F)c1. The molecule has 0 aliphatic rings. The summed E-state index contributed by atoms with van der Waals surface area (Å²) in [5.41, 5.74) is 3.72. The highest BCUT2D eigenvalue weighted by molar-refractivity contribution is 5.82. The standard InChI is InChI=1S/C18H17FN2/c1-20-12-13-6-7-15(17(19)10-13)11-14-8-9-21-18-5-3-2-4-16(14)18/h2-10,20H,11-12H2,1H3. The molecule has 3 rings (SSSR count). The van der Waals surface area contributed by atoms with Gasteiger partial charge in [-0.15, -0.1) is 0 Å². The molecule has 0 unspecified atom stereocenters. The van der Waals surface area contributed by atoms with Gasteiger partial charge < -0.3 is 5.32 Å². The van der Waals surface area contributed by atoms with Crippen molar-refractivity contribution in [2.24, 2.45) is 0 Å². The first-order chi connectivity index (χ1) is 10.3. The van der Waals surface area contributed by atoms with Crippen LogP contribution in [0.15, 0.2) is 54.7 Å². The van der Waals surface area contributed by atoms with Crippen LogP contribution in [0.4, 0.5) is 4.39 Å². The maximum absolute atomic E-state index is 14.2. The largest absolute Gasteiger partial charge is 0.316 e. The Bertz CT molecular complexity index is 763. The third-order valence-corrected chi connectivity index (χ3v) is 3.62. The van der Waals surface area contributed by atoms with E-state index in [4.69, 9.17) is 0 Å². The lowest BCUT2D eigenvalue weighted by molar-refractivity contribution is 0.610. The molecule has 0 aliphatic heterocycles. The Hall–Kier alpha value is -2.26. The van der Waals surface area contributed by atoms with Crippen LogP contribution >= 0.6 is 0 Å². The first-order valence-corrected chi connectivity index (χ1v) is 7.02. The summed E-state index contributed by atoms with van der Waals surface area (Å²) >= 11 is 0. The minimum Gasteiger partial charge on any atom is -0.316 e. The Morgan fingerprint density at radius 3 is 2.71 bits per heavy atom. The summed E-state index contributed by atoms with van der Waals surface area (Å²) in [6.45, 7) is 0.676. The fourth-order valence-corrected chi connectivity index (χ4v) is 2.56. The lowest BCUT2D eigenvalue weighted by Crippen LogP contribution is -2.06. The maximum Gasteiger partial charge on any atom is 0.127 e. The Balaban J connectivity index is 1.95. The summed E-state index contributed by atoms with van der Waals surface area (Å²) in [6, 6.07) is 15.4. The zero-order chi connectivity index (χ0) is 14.7. The second kappa shape index (κ2) is 6.02. The monoisotopic (exact) mass is 280 g/mol. The van der Waals surface area contributed by atoms with Crippen molar-refractivity contribution in [3.05, 3.63) is 77.2 Å². The van der Waals surface area contributed by atoms with Crippen LogP contribution in [0, 0.1) is 5.82 Å². The Morgan fingerprint density at radius 1 is 1.05 bits per heavy atom. The first kappa shape index (κ1) is 13.7. The van der Waals surface area contributed by atoms with Crippen LogP contribution in [-0.2, 0) is 13.0 Å². The summed E-state index contributed by atoms with van der Waals surface area (Å²) in [5.74, 6) is -0.149. The van der Waals surface area contributed by atoms with Crippen molar-refractivity contribution in [3.8, 4) is 0 Å². The van der Waals surface area contributed by atoms with E-state index in [1.807, 2.05) is 49.5 Å². The Kier molecular flexibility index (Phi) is 3.93. The van der Waals surface area contributed by atoms with Crippen molar-refractivity contribution in [1.82, 2.24) is 10.3 Å². The number of rotatable bonds is 4. The van der Waals surface area contributed by atoms with Gasteiger partial charge in [-0.05, 0) is 41.9 Å². The van der Waals surface area contributed by atoms with Crippen LogP contribution < -0.4 is 5.32 Å². The quantitative estimate of drug-likeness (QED) is 0.788. The topological polar surface area (TPSA) is 24.9 Å². The number of benzene rings is 2. The molecule has 2 nitrogen and oxygen atoms in total. The summed E-state index contributed by atoms with van der Waals surface area (Å²) in [4.78, 5) is 4.34. The van der Waals surface area contributed by atoms with Gasteiger partial charge in [0.15, 0.2) is 0 Å². The van der Waals surface area contributed by atoms with E-state index in [1.165, 1.54) is 0 Å². The van der Waals surface area contributed by atoms with Gasteiger partial charge in [0, 0.05) is 24.5 Å². The number of hydrogen-bond donors (Lipinski definition) is 1. The van der Waals surface area contributed by atoms with Gasteiger partial charge in [-0.3, -0.25) is 4.98 Å². The number of fused-ring (bicyclic) bond motifs is 1. The summed E-state index contributed by atoms with van der Waals surface area (Å²) in [6.07, 6.45) is 2.36. The van der Waals surface area contributed by atoms with Gasteiger partial charge in [0.05, 0.1) is 5.52 Å². The van der Waals surface area contributed by atoms with Crippen LogP contribution in [0.2, 0.25) is 0 Å². The molecule has 0 aliphatic carbocycles. The molecule has 2 aromatic carbocycles. The van der Waals surface area contributed by atoms with E-state index in [-0.39, 0.29) is 5.82 Å². The lowest BCUT2D eigenvalue weighted by Gasteiger charge is -2.08. The number of nitrogens with zero attached hydrogens (tertiary/aromatic N) is 1. The van der Waals surface area contributed by atoms with E-state index in [2.05, 4.69) is 10.3 Å². The smallest absolute Gasteiger partial charge is 0.127 e. The third-order valence-electron chi connectivity index (χ3n) is 3.62. The van der Waals surface area contributed by atoms with Crippen LogP contribution in [0.25, 0.3) is 10.9 Å². The van der Waals surface area contributed by atoms with Crippen LogP contribution in [0.5, 0.6) is 0 Å². The van der Waals surface area contributed by atoms with Crippen LogP contribution in [0.1, 0.15) is 16.7 Å². The van der Waals surface area contributed by atoms with E-state index in [1.54, 1.807) is 12.3 Å². The molecule has 1 heterocycles. The van der Waals surface area contributed by atoms with Gasteiger partial charge in [0.2, 0.25) is 0 Å². The van der Waals surface area contributed by atoms with Crippen LogP contribution in [-0.4, -0.2) is 12.0 Å². The van der Waals surface area contributed by atoms with Crippen molar-refractivity contribution in [2.75, 3.05) is 7.05 Å². The fourth-order valence-electron chi connectivity index (χ4n) is 2.56. The van der Waals surface area contributed by atoms with Gasteiger partial charge in [-0.2, -0.15) is 0 Å². The normalized spacial score (nSPS) is 11.0. The molecular weight excluding hydrogens is 263 g/mol. The van der Waals surface area contributed by atoms with Gasteiger partial charge >= 0.3 is 0 Å². The molecule has 1 N–H and O–H groups in total. The maximum atomic E-state index is 14.2. The van der Waals surface area contributed by atoms with Gasteiger partial charge in [0.25, 0.3) is 0 Å². The summed E-state index contributed by atoms with van der Waals surface area (Å²) < 4.78 is 14.2. The first-order valence-electron chi connectivity index (χ1n) is 7.02. The second-order valence-corrected chi connectivity index (χ2v) is 5.12. The zero-order valence-corrected chi connectivity index (χ0v) is 11.9. The molecule has 0 bridgehead atoms. The predicted octanol–water partition coefficient (Wildman–Crippen LogP) is 3.68. The number of halogens is 1. The van der Waals surface area contributed by atoms with E-state index >= 15 is 0 Å². The van der Waals surface area contributed by atoms with Gasteiger partial charge in [-0.25, -0.2) is 4.39 Å². The Morgan fingerprint density at radius 2 is 1.90 bits per heavy atom. The third kappa shape index (κ3) is 2.93. The van der Waals surface area contributed by atoms with E-state index < -0.39 is 0 Å². The average Bonchev–Trinajstić information content (AvgIpc) is 2.51. The lowest BCUT2D eigenvalue weighted by atomic mass is 10.00. The fraction of sp³-hybridized carbons (Fsp3) is 0.167. The van der Waals surface area contributed by atoms with Gasteiger partial charge in [0.1, 0.15) is 5.82 Å². The summed E-state index contributed by atoms with van der Waals surface area (Å²) in [7, 11) is 1.86. The molecule has 0 saturated carbocycles. The average molecular weight is 280 g/mol. The number of pyridine rings is 1. The molecule has 3 aromatic rings. The van der Waals surface area contributed by atoms with Crippen molar-refractivity contribution in [2.45, 2.75) is 13.0 Å². The number of aromatic nitrogens is 1. The number of nitrogens with one attached hydrogen (secondary N) is 1. The minimum absolute atomic E-state index is 0.149. The number of para-hydroxylation sites is 1. The molecule has 0 amide bonds. The molecule has 1 aromatic heterocycles. The molecule has 0 spiro atoms. The van der Waals surface area contributed by atoms with E-state index in [0.717, 1.165) is 22.0 Å². The minimum atomic E-state index is -0.149. The molecule has 3 heteroatoms. The highest BCUT2D eigenvalue weighted by Crippen LogP contribution is 2.21. The molecule has 106 valence electrons. The van der Waals surface area contributed by atoms with E-state index in [9.17, 15) is 4.39 Å². The van der Waals surface area contributed by atoms with Crippen LogP contribution in [0.3, 0.4) is 0 Å². The van der Waals surface area contributed by atoms with Crippen molar-refractivity contribution < 1.29 is 4.39 Å².